The average Bonchev–Trinajstić information content (AvgIpc) is 2.67. The minimum absolute atomic E-state index is 0.451. The molecule has 0 aliphatic carbocycles. The van der Waals surface area contributed by atoms with Crippen molar-refractivity contribution in [3.63, 3.8) is 0 Å². The molecule has 2 N–H and O–H groups in total. The molecule has 2 nitrogen and oxygen atoms in total. The fraction of sp³-hybridized carbons (Fsp3) is 0.692. The highest BCUT2D eigenvalue weighted by atomic mass is 32.1. The normalized spacial score (nSPS) is 14.0. The van der Waals surface area contributed by atoms with Crippen molar-refractivity contribution in [1.82, 2.24) is 5.32 Å². The van der Waals surface area contributed by atoms with Crippen LogP contribution in [0.1, 0.15) is 51.0 Å². The van der Waals surface area contributed by atoms with Gasteiger partial charge in [-0.1, -0.05) is 19.4 Å². The Kier molecular flexibility index (Phi) is 5.46. The van der Waals surface area contributed by atoms with Gasteiger partial charge >= 0.3 is 0 Å². The standard InChI is InChI=1S/C13H23NOS/c1-4-6-11(12-7-5-10-16-12)14-9-8-13(2,3)15/h5,7,10-11,14-15H,4,6,8-9H2,1-3H3. The van der Waals surface area contributed by atoms with Gasteiger partial charge in [0.1, 0.15) is 0 Å². The lowest BCUT2D eigenvalue weighted by Gasteiger charge is -2.21. The molecule has 92 valence electrons. The zero-order valence-electron chi connectivity index (χ0n) is 10.5. The molecule has 1 aromatic rings. The maximum absolute atomic E-state index is 9.65. The SMILES string of the molecule is CCCC(NCCC(C)(C)O)c1cccs1. The molecule has 1 atom stereocenters. The lowest BCUT2D eigenvalue weighted by Crippen LogP contribution is -2.29. The van der Waals surface area contributed by atoms with Crippen molar-refractivity contribution in [2.45, 2.75) is 51.7 Å². The van der Waals surface area contributed by atoms with Crippen LogP contribution in [0, 0.1) is 0 Å². The number of rotatable bonds is 7. The Morgan fingerprint density at radius 1 is 1.50 bits per heavy atom. The lowest BCUT2D eigenvalue weighted by atomic mass is 10.0. The molecule has 0 amide bonds. The summed E-state index contributed by atoms with van der Waals surface area (Å²) in [6, 6.07) is 4.73. The lowest BCUT2D eigenvalue weighted by molar-refractivity contribution is 0.0703. The molecule has 0 aliphatic heterocycles. The highest BCUT2D eigenvalue weighted by Gasteiger charge is 2.15. The van der Waals surface area contributed by atoms with Crippen LogP contribution < -0.4 is 5.32 Å². The van der Waals surface area contributed by atoms with E-state index in [0.29, 0.717) is 6.04 Å². The third-order valence-corrected chi connectivity index (χ3v) is 3.58. The molecule has 16 heavy (non-hydrogen) atoms. The molecular formula is C13H23NOS. The predicted molar refractivity (Wildman–Crippen MR) is 70.9 cm³/mol. The minimum Gasteiger partial charge on any atom is -0.390 e. The summed E-state index contributed by atoms with van der Waals surface area (Å²) >= 11 is 1.80. The summed E-state index contributed by atoms with van der Waals surface area (Å²) in [7, 11) is 0. The summed E-state index contributed by atoms with van der Waals surface area (Å²) in [5.41, 5.74) is -0.570. The maximum Gasteiger partial charge on any atom is 0.0603 e. The van der Waals surface area contributed by atoms with Crippen LogP contribution in [0.5, 0.6) is 0 Å². The van der Waals surface area contributed by atoms with Gasteiger partial charge in [0.2, 0.25) is 0 Å². The first-order valence-corrected chi connectivity index (χ1v) is 6.90. The Labute approximate surface area is 103 Å². The molecule has 0 aliphatic rings. The molecule has 0 spiro atoms. The van der Waals surface area contributed by atoms with Crippen LogP contribution in [0.3, 0.4) is 0 Å². The van der Waals surface area contributed by atoms with E-state index < -0.39 is 5.60 Å². The molecule has 0 bridgehead atoms. The van der Waals surface area contributed by atoms with Gasteiger partial charge in [-0.3, -0.25) is 0 Å². The van der Waals surface area contributed by atoms with Crippen LogP contribution in [-0.2, 0) is 0 Å². The summed E-state index contributed by atoms with van der Waals surface area (Å²) < 4.78 is 0. The minimum atomic E-state index is -0.570. The summed E-state index contributed by atoms with van der Waals surface area (Å²) in [4.78, 5) is 1.40. The highest BCUT2D eigenvalue weighted by molar-refractivity contribution is 7.10. The Balaban J connectivity index is 2.41. The Morgan fingerprint density at radius 3 is 2.75 bits per heavy atom. The van der Waals surface area contributed by atoms with Crippen molar-refractivity contribution in [1.29, 1.82) is 0 Å². The van der Waals surface area contributed by atoms with Crippen LogP contribution in [0.25, 0.3) is 0 Å². The molecule has 0 radical (unpaired) electrons. The zero-order valence-corrected chi connectivity index (χ0v) is 11.3. The second-order valence-corrected chi connectivity index (χ2v) is 5.85. The number of nitrogens with one attached hydrogen (secondary N) is 1. The van der Waals surface area contributed by atoms with Gasteiger partial charge in [0.25, 0.3) is 0 Å². The number of hydrogen-bond donors (Lipinski definition) is 2. The topological polar surface area (TPSA) is 32.3 Å². The largest absolute Gasteiger partial charge is 0.390 e. The van der Waals surface area contributed by atoms with Crippen LogP contribution in [0.15, 0.2) is 17.5 Å². The summed E-state index contributed by atoms with van der Waals surface area (Å²) in [6.45, 7) is 6.79. The number of aliphatic hydroxyl groups is 1. The second kappa shape index (κ2) is 6.38. The summed E-state index contributed by atoms with van der Waals surface area (Å²) in [6.07, 6.45) is 3.13. The van der Waals surface area contributed by atoms with Crippen molar-refractivity contribution in [2.75, 3.05) is 6.54 Å². The molecule has 1 aromatic heterocycles. The number of thiophene rings is 1. The quantitative estimate of drug-likeness (QED) is 0.767. The van der Waals surface area contributed by atoms with Crippen LogP contribution in [-0.4, -0.2) is 17.3 Å². The smallest absolute Gasteiger partial charge is 0.0603 e. The first kappa shape index (κ1) is 13.7. The van der Waals surface area contributed by atoms with E-state index >= 15 is 0 Å². The van der Waals surface area contributed by atoms with Crippen molar-refractivity contribution >= 4 is 11.3 Å². The Hall–Kier alpha value is -0.380. The molecular weight excluding hydrogens is 218 g/mol. The van der Waals surface area contributed by atoms with Gasteiger partial charge in [0, 0.05) is 10.9 Å². The van der Waals surface area contributed by atoms with Crippen LogP contribution in [0.2, 0.25) is 0 Å². The van der Waals surface area contributed by atoms with Gasteiger partial charge in [0.15, 0.2) is 0 Å². The Bertz CT molecular complexity index is 277. The van der Waals surface area contributed by atoms with E-state index in [1.807, 2.05) is 13.8 Å². The molecule has 1 unspecified atom stereocenters. The van der Waals surface area contributed by atoms with E-state index in [2.05, 4.69) is 29.8 Å². The van der Waals surface area contributed by atoms with E-state index in [1.54, 1.807) is 11.3 Å². The van der Waals surface area contributed by atoms with Crippen molar-refractivity contribution in [2.24, 2.45) is 0 Å². The van der Waals surface area contributed by atoms with Gasteiger partial charge in [-0.2, -0.15) is 0 Å². The van der Waals surface area contributed by atoms with E-state index in [1.165, 1.54) is 11.3 Å². The molecule has 0 fully saturated rings. The van der Waals surface area contributed by atoms with Gasteiger partial charge < -0.3 is 10.4 Å². The highest BCUT2D eigenvalue weighted by Crippen LogP contribution is 2.23. The second-order valence-electron chi connectivity index (χ2n) is 4.87. The van der Waals surface area contributed by atoms with Gasteiger partial charge in [-0.15, -0.1) is 11.3 Å². The van der Waals surface area contributed by atoms with E-state index in [0.717, 1.165) is 19.4 Å². The maximum atomic E-state index is 9.65. The van der Waals surface area contributed by atoms with E-state index in [4.69, 9.17) is 0 Å². The van der Waals surface area contributed by atoms with Gasteiger partial charge in [-0.25, -0.2) is 0 Å². The summed E-state index contributed by atoms with van der Waals surface area (Å²) in [5.74, 6) is 0. The van der Waals surface area contributed by atoms with E-state index in [9.17, 15) is 5.11 Å². The van der Waals surface area contributed by atoms with Gasteiger partial charge in [0.05, 0.1) is 5.60 Å². The fourth-order valence-electron chi connectivity index (χ4n) is 1.68. The zero-order chi connectivity index (χ0) is 12.0. The molecule has 0 saturated carbocycles. The third-order valence-electron chi connectivity index (χ3n) is 2.59. The molecule has 3 heteroatoms. The molecule has 0 aromatic carbocycles. The molecule has 1 rings (SSSR count). The van der Waals surface area contributed by atoms with Crippen LogP contribution in [0.4, 0.5) is 0 Å². The fourth-order valence-corrected chi connectivity index (χ4v) is 2.51. The average molecular weight is 241 g/mol. The predicted octanol–water partition coefficient (Wildman–Crippen LogP) is 3.34. The van der Waals surface area contributed by atoms with Gasteiger partial charge in [-0.05, 0) is 44.7 Å². The number of hydrogen-bond acceptors (Lipinski definition) is 3. The Morgan fingerprint density at radius 2 is 2.25 bits per heavy atom. The third kappa shape index (κ3) is 5.10. The van der Waals surface area contributed by atoms with E-state index in [-0.39, 0.29) is 0 Å². The first-order chi connectivity index (χ1) is 7.53. The van der Waals surface area contributed by atoms with Crippen LogP contribution >= 0.6 is 11.3 Å². The molecule has 1 heterocycles. The summed E-state index contributed by atoms with van der Waals surface area (Å²) in [5, 5.41) is 15.3. The van der Waals surface area contributed by atoms with Crippen molar-refractivity contribution in [3.8, 4) is 0 Å². The first-order valence-electron chi connectivity index (χ1n) is 6.02. The monoisotopic (exact) mass is 241 g/mol. The van der Waals surface area contributed by atoms with Crippen molar-refractivity contribution < 1.29 is 5.11 Å². The molecule has 0 saturated heterocycles. The van der Waals surface area contributed by atoms with Crippen molar-refractivity contribution in [3.05, 3.63) is 22.4 Å².